The second-order valence-corrected chi connectivity index (χ2v) is 8.55. The third kappa shape index (κ3) is 21.3. The molecule has 0 heterocycles. The van der Waals surface area contributed by atoms with Crippen LogP contribution in [-0.2, 0) is 4.79 Å². The number of nitrogens with zero attached hydrogens (tertiary/aromatic N) is 1. The van der Waals surface area contributed by atoms with Gasteiger partial charge in [0.15, 0.2) is 5.96 Å². The van der Waals surface area contributed by atoms with Gasteiger partial charge in [-0.15, -0.1) is 0 Å². The molecule has 0 unspecified atom stereocenters. The number of amides is 1. The summed E-state index contributed by atoms with van der Waals surface area (Å²) in [5.41, 5.74) is 10.6. The Bertz CT molecular complexity index is 378. The number of hydrogen-bond donors (Lipinski definition) is 3. The zero-order valence-corrected chi connectivity index (χ0v) is 19.5. The molecular formula is C24H50N4O. The van der Waals surface area contributed by atoms with Gasteiger partial charge in [-0.3, -0.25) is 9.79 Å². The van der Waals surface area contributed by atoms with Crippen LogP contribution in [0.4, 0.5) is 0 Å². The summed E-state index contributed by atoms with van der Waals surface area (Å²) in [7, 11) is 0. The van der Waals surface area contributed by atoms with Gasteiger partial charge < -0.3 is 16.8 Å². The maximum Gasteiger partial charge on any atom is 0.220 e. The lowest BCUT2D eigenvalue weighted by Crippen LogP contribution is -2.29. The average molecular weight is 411 g/mol. The van der Waals surface area contributed by atoms with Crippen LogP contribution < -0.4 is 16.8 Å². The molecular weight excluding hydrogens is 360 g/mol. The molecule has 5 heteroatoms. The number of carbonyl (C=O) groups is 1. The van der Waals surface area contributed by atoms with Gasteiger partial charge >= 0.3 is 0 Å². The minimum Gasteiger partial charge on any atom is -0.370 e. The monoisotopic (exact) mass is 410 g/mol. The minimum absolute atomic E-state index is 0.127. The number of nitrogens with two attached hydrogens (primary N) is 2. The third-order valence-corrected chi connectivity index (χ3v) is 5.63. The summed E-state index contributed by atoms with van der Waals surface area (Å²) in [6, 6.07) is 0. The number of carbonyl (C=O) groups excluding carboxylic acids is 1. The van der Waals surface area contributed by atoms with E-state index in [1.54, 1.807) is 0 Å². The van der Waals surface area contributed by atoms with Gasteiger partial charge in [0.2, 0.25) is 5.91 Å². The standard InChI is InChI=1S/C24H50N4O/c1-3-5-7-9-11-13-17-22(18-14-12-10-8-6-4-2)21-28-23(29)19-15-16-20-27-24(25)26/h22H,3-21H2,1-2H3,(H,28,29)(H4,25,26,27). The molecule has 0 aromatic heterocycles. The molecule has 0 aliphatic carbocycles. The number of aliphatic imine (C=N–C) groups is 1. The van der Waals surface area contributed by atoms with E-state index in [0.29, 0.717) is 18.9 Å². The molecule has 0 aliphatic rings. The summed E-state index contributed by atoms with van der Waals surface area (Å²) in [6.45, 7) is 5.98. The molecule has 0 atom stereocenters. The summed E-state index contributed by atoms with van der Waals surface area (Å²) in [5, 5.41) is 3.18. The van der Waals surface area contributed by atoms with Crippen LogP contribution in [0.1, 0.15) is 123 Å². The summed E-state index contributed by atoms with van der Waals surface area (Å²) < 4.78 is 0. The van der Waals surface area contributed by atoms with Crippen molar-refractivity contribution >= 4 is 11.9 Å². The molecule has 0 aromatic carbocycles. The van der Waals surface area contributed by atoms with Gasteiger partial charge in [0.05, 0.1) is 0 Å². The quantitative estimate of drug-likeness (QED) is 0.129. The molecule has 0 rings (SSSR count). The lowest BCUT2D eigenvalue weighted by atomic mass is 9.94. The largest absolute Gasteiger partial charge is 0.370 e. The van der Waals surface area contributed by atoms with Crippen LogP contribution in [0.25, 0.3) is 0 Å². The van der Waals surface area contributed by atoms with Crippen LogP contribution in [0.2, 0.25) is 0 Å². The molecule has 5 N–H and O–H groups in total. The van der Waals surface area contributed by atoms with Gasteiger partial charge in [-0.1, -0.05) is 90.9 Å². The Morgan fingerprint density at radius 1 is 0.759 bits per heavy atom. The topological polar surface area (TPSA) is 93.5 Å². The van der Waals surface area contributed by atoms with Crippen molar-refractivity contribution in [2.45, 2.75) is 123 Å². The summed E-state index contributed by atoms with van der Waals surface area (Å²) in [4.78, 5) is 16.1. The molecule has 0 bridgehead atoms. The number of unbranched alkanes of at least 4 members (excludes halogenated alkanes) is 11. The molecule has 5 nitrogen and oxygen atoms in total. The first-order valence-corrected chi connectivity index (χ1v) is 12.4. The van der Waals surface area contributed by atoms with Crippen molar-refractivity contribution in [2.75, 3.05) is 13.1 Å². The Morgan fingerprint density at radius 2 is 1.28 bits per heavy atom. The predicted molar refractivity (Wildman–Crippen MR) is 127 cm³/mol. The fraction of sp³-hybridized carbons (Fsp3) is 0.917. The van der Waals surface area contributed by atoms with E-state index in [2.05, 4.69) is 24.2 Å². The number of guanidine groups is 1. The van der Waals surface area contributed by atoms with Gasteiger partial charge in [-0.05, 0) is 31.6 Å². The second kappa shape index (κ2) is 21.4. The van der Waals surface area contributed by atoms with E-state index in [4.69, 9.17) is 11.5 Å². The van der Waals surface area contributed by atoms with E-state index >= 15 is 0 Å². The number of nitrogens with one attached hydrogen (secondary N) is 1. The molecule has 0 spiro atoms. The highest BCUT2D eigenvalue weighted by atomic mass is 16.1. The molecule has 0 saturated carbocycles. The molecule has 29 heavy (non-hydrogen) atoms. The Morgan fingerprint density at radius 3 is 1.79 bits per heavy atom. The molecule has 0 aliphatic heterocycles. The van der Waals surface area contributed by atoms with Crippen molar-refractivity contribution in [1.82, 2.24) is 5.32 Å². The van der Waals surface area contributed by atoms with E-state index in [1.165, 1.54) is 89.9 Å². The first-order chi connectivity index (χ1) is 14.1. The first kappa shape index (κ1) is 27.7. The van der Waals surface area contributed by atoms with Gasteiger partial charge in [-0.2, -0.15) is 0 Å². The van der Waals surface area contributed by atoms with Crippen LogP contribution in [0.5, 0.6) is 0 Å². The zero-order valence-electron chi connectivity index (χ0n) is 19.5. The SMILES string of the molecule is CCCCCCCCC(CCCCCCCC)CNC(=O)CCCCN=C(N)N. The van der Waals surface area contributed by atoms with E-state index in [0.717, 1.165) is 19.4 Å². The number of rotatable bonds is 21. The second-order valence-electron chi connectivity index (χ2n) is 8.55. The summed E-state index contributed by atoms with van der Waals surface area (Å²) in [5.74, 6) is 0.935. The number of hydrogen-bond acceptors (Lipinski definition) is 2. The van der Waals surface area contributed by atoms with Crippen LogP contribution in [0.3, 0.4) is 0 Å². The van der Waals surface area contributed by atoms with Gasteiger partial charge in [0.1, 0.15) is 0 Å². The Hall–Kier alpha value is -1.26. The van der Waals surface area contributed by atoms with Gasteiger partial charge in [0, 0.05) is 19.5 Å². The fourth-order valence-electron chi connectivity index (χ4n) is 3.73. The molecule has 172 valence electrons. The summed E-state index contributed by atoms with van der Waals surface area (Å²) >= 11 is 0. The van der Waals surface area contributed by atoms with E-state index < -0.39 is 0 Å². The van der Waals surface area contributed by atoms with Crippen LogP contribution in [0, 0.1) is 5.92 Å². The van der Waals surface area contributed by atoms with Crippen LogP contribution in [-0.4, -0.2) is 25.0 Å². The predicted octanol–water partition coefficient (Wildman–Crippen LogP) is 5.66. The van der Waals surface area contributed by atoms with E-state index in [-0.39, 0.29) is 11.9 Å². The lowest BCUT2D eigenvalue weighted by molar-refractivity contribution is -0.121. The van der Waals surface area contributed by atoms with E-state index in [9.17, 15) is 4.79 Å². The van der Waals surface area contributed by atoms with Crippen LogP contribution >= 0.6 is 0 Å². The lowest BCUT2D eigenvalue weighted by Gasteiger charge is -2.18. The Balaban J connectivity index is 4.03. The highest BCUT2D eigenvalue weighted by Gasteiger charge is 2.10. The Kier molecular flexibility index (Phi) is 20.5. The normalized spacial score (nSPS) is 11.0. The minimum atomic E-state index is 0.127. The van der Waals surface area contributed by atoms with Crippen molar-refractivity contribution in [3.8, 4) is 0 Å². The Labute approximate surface area is 180 Å². The van der Waals surface area contributed by atoms with E-state index in [1.807, 2.05) is 0 Å². The maximum absolute atomic E-state index is 12.1. The van der Waals surface area contributed by atoms with Crippen molar-refractivity contribution in [3.05, 3.63) is 0 Å². The highest BCUT2D eigenvalue weighted by Crippen LogP contribution is 2.19. The first-order valence-electron chi connectivity index (χ1n) is 12.4. The maximum atomic E-state index is 12.1. The van der Waals surface area contributed by atoms with Crippen molar-refractivity contribution in [3.63, 3.8) is 0 Å². The van der Waals surface area contributed by atoms with Crippen molar-refractivity contribution < 1.29 is 4.79 Å². The molecule has 1 amide bonds. The molecule has 0 aromatic rings. The smallest absolute Gasteiger partial charge is 0.220 e. The third-order valence-electron chi connectivity index (χ3n) is 5.63. The van der Waals surface area contributed by atoms with Gasteiger partial charge in [0.25, 0.3) is 0 Å². The molecule has 0 radical (unpaired) electrons. The summed E-state index contributed by atoms with van der Waals surface area (Å²) in [6.07, 6.45) is 20.8. The molecule has 0 saturated heterocycles. The fourth-order valence-corrected chi connectivity index (χ4v) is 3.73. The van der Waals surface area contributed by atoms with Crippen molar-refractivity contribution in [2.24, 2.45) is 22.4 Å². The van der Waals surface area contributed by atoms with Crippen molar-refractivity contribution in [1.29, 1.82) is 0 Å². The highest BCUT2D eigenvalue weighted by molar-refractivity contribution is 5.76. The average Bonchev–Trinajstić information content (AvgIpc) is 2.70. The zero-order chi connectivity index (χ0) is 21.6. The van der Waals surface area contributed by atoms with Crippen LogP contribution in [0.15, 0.2) is 4.99 Å². The van der Waals surface area contributed by atoms with Gasteiger partial charge in [-0.25, -0.2) is 0 Å². The molecule has 0 fully saturated rings.